The van der Waals surface area contributed by atoms with Crippen LogP contribution in [0.3, 0.4) is 0 Å². The van der Waals surface area contributed by atoms with Gasteiger partial charge in [-0.05, 0) is 47.9 Å². The second-order valence-electron chi connectivity index (χ2n) is 4.22. The molecule has 2 aromatic carbocycles. The summed E-state index contributed by atoms with van der Waals surface area (Å²) >= 11 is 8.96. The fourth-order valence-corrected chi connectivity index (χ4v) is 2.32. The van der Waals surface area contributed by atoms with Crippen molar-refractivity contribution in [2.75, 3.05) is 0 Å². The van der Waals surface area contributed by atoms with Crippen LogP contribution in [0.15, 0.2) is 40.9 Å². The first-order valence-electron chi connectivity index (χ1n) is 5.62. The largest absolute Gasteiger partial charge is 0.324 e. The molecule has 0 aliphatic heterocycles. The lowest BCUT2D eigenvalue weighted by atomic mass is 9.99. The lowest BCUT2D eigenvalue weighted by Gasteiger charge is -2.14. The topological polar surface area (TPSA) is 26.0 Å². The Bertz CT molecular complexity index is 604. The van der Waals surface area contributed by atoms with Gasteiger partial charge >= 0.3 is 0 Å². The Morgan fingerprint density at radius 1 is 1.16 bits per heavy atom. The van der Waals surface area contributed by atoms with E-state index in [9.17, 15) is 8.78 Å². The molecule has 2 rings (SSSR count). The average molecular weight is 347 g/mol. The molecule has 0 aliphatic rings. The minimum Gasteiger partial charge on any atom is -0.324 e. The van der Waals surface area contributed by atoms with Crippen molar-refractivity contribution in [2.45, 2.75) is 12.5 Å². The van der Waals surface area contributed by atoms with Crippen LogP contribution in [-0.4, -0.2) is 0 Å². The first-order valence-corrected chi connectivity index (χ1v) is 6.79. The van der Waals surface area contributed by atoms with Gasteiger partial charge in [-0.2, -0.15) is 0 Å². The van der Waals surface area contributed by atoms with E-state index in [1.165, 1.54) is 24.3 Å². The lowest BCUT2D eigenvalue weighted by Crippen LogP contribution is -2.14. The van der Waals surface area contributed by atoms with Crippen LogP contribution < -0.4 is 5.73 Å². The van der Waals surface area contributed by atoms with E-state index >= 15 is 0 Å². The summed E-state index contributed by atoms with van der Waals surface area (Å²) in [4.78, 5) is 0. The van der Waals surface area contributed by atoms with Crippen LogP contribution in [0.25, 0.3) is 0 Å². The highest BCUT2D eigenvalue weighted by atomic mass is 79.9. The molecular weight excluding hydrogens is 336 g/mol. The summed E-state index contributed by atoms with van der Waals surface area (Å²) in [5, 5.41) is 0.0582. The predicted octanol–water partition coefficient (Wildman–Crippen LogP) is 4.62. The summed E-state index contributed by atoms with van der Waals surface area (Å²) in [7, 11) is 0. The molecular formula is C14H11BrClF2N. The predicted molar refractivity (Wildman–Crippen MR) is 76.1 cm³/mol. The summed E-state index contributed by atoms with van der Waals surface area (Å²) in [6.45, 7) is 0. The highest BCUT2D eigenvalue weighted by molar-refractivity contribution is 9.10. The second kappa shape index (κ2) is 5.99. The molecule has 0 saturated heterocycles. The molecule has 19 heavy (non-hydrogen) atoms. The smallest absolute Gasteiger partial charge is 0.142 e. The van der Waals surface area contributed by atoms with E-state index in [0.717, 1.165) is 10.0 Å². The third kappa shape index (κ3) is 3.53. The van der Waals surface area contributed by atoms with Gasteiger partial charge in [-0.25, -0.2) is 8.78 Å². The fraction of sp³-hybridized carbons (Fsp3) is 0.143. The molecule has 0 heterocycles. The highest BCUT2D eigenvalue weighted by Crippen LogP contribution is 2.25. The molecule has 0 fully saturated rings. The monoisotopic (exact) mass is 345 g/mol. The lowest BCUT2D eigenvalue weighted by molar-refractivity contribution is 0.613. The molecule has 0 saturated carbocycles. The van der Waals surface area contributed by atoms with Crippen molar-refractivity contribution in [1.82, 2.24) is 0 Å². The Labute approximate surface area is 123 Å². The molecule has 1 atom stereocenters. The molecule has 2 N–H and O–H groups in total. The van der Waals surface area contributed by atoms with Gasteiger partial charge in [0.05, 0.1) is 5.02 Å². The van der Waals surface area contributed by atoms with Crippen molar-refractivity contribution in [1.29, 1.82) is 0 Å². The number of halogens is 4. The first-order chi connectivity index (χ1) is 8.97. The molecule has 0 bridgehead atoms. The molecule has 1 unspecified atom stereocenters. The summed E-state index contributed by atoms with van der Waals surface area (Å²) in [5.41, 5.74) is 7.37. The van der Waals surface area contributed by atoms with Crippen molar-refractivity contribution in [3.8, 4) is 0 Å². The number of nitrogens with two attached hydrogens (primary N) is 1. The Morgan fingerprint density at radius 2 is 1.89 bits per heavy atom. The van der Waals surface area contributed by atoms with Gasteiger partial charge < -0.3 is 5.73 Å². The fourth-order valence-electron chi connectivity index (χ4n) is 1.80. The van der Waals surface area contributed by atoms with E-state index in [4.69, 9.17) is 17.3 Å². The van der Waals surface area contributed by atoms with Gasteiger partial charge in [0.2, 0.25) is 0 Å². The molecule has 2 aromatic rings. The number of hydrogen-bond acceptors (Lipinski definition) is 1. The van der Waals surface area contributed by atoms with Gasteiger partial charge in [-0.3, -0.25) is 0 Å². The number of benzene rings is 2. The normalized spacial score (nSPS) is 12.5. The molecule has 0 aromatic heterocycles. The van der Waals surface area contributed by atoms with Crippen LogP contribution in [-0.2, 0) is 6.42 Å². The van der Waals surface area contributed by atoms with Crippen LogP contribution >= 0.6 is 27.5 Å². The van der Waals surface area contributed by atoms with E-state index < -0.39 is 11.9 Å². The van der Waals surface area contributed by atoms with E-state index in [1.807, 2.05) is 0 Å². The van der Waals surface area contributed by atoms with Crippen molar-refractivity contribution < 1.29 is 8.78 Å². The Kier molecular flexibility index (Phi) is 4.55. The quantitative estimate of drug-likeness (QED) is 0.862. The number of hydrogen-bond donors (Lipinski definition) is 1. The van der Waals surface area contributed by atoms with Crippen molar-refractivity contribution in [2.24, 2.45) is 5.73 Å². The van der Waals surface area contributed by atoms with Gasteiger partial charge in [0, 0.05) is 10.5 Å². The van der Waals surface area contributed by atoms with E-state index in [-0.39, 0.29) is 10.8 Å². The zero-order valence-corrected chi connectivity index (χ0v) is 12.2. The summed E-state index contributed by atoms with van der Waals surface area (Å²) in [6.07, 6.45) is 0.402. The van der Waals surface area contributed by atoms with Crippen LogP contribution in [0, 0.1) is 11.6 Å². The first kappa shape index (κ1) is 14.4. The maximum Gasteiger partial charge on any atom is 0.142 e. The van der Waals surface area contributed by atoms with Crippen molar-refractivity contribution in [3.63, 3.8) is 0 Å². The minimum absolute atomic E-state index is 0.0582. The molecule has 0 spiro atoms. The van der Waals surface area contributed by atoms with Gasteiger partial charge in [0.1, 0.15) is 11.6 Å². The minimum atomic E-state index is -0.507. The van der Waals surface area contributed by atoms with Gasteiger partial charge in [-0.1, -0.05) is 33.6 Å². The third-order valence-electron chi connectivity index (χ3n) is 2.82. The van der Waals surface area contributed by atoms with Crippen molar-refractivity contribution in [3.05, 3.63) is 68.7 Å². The standard InChI is InChI=1S/C14H11BrClF2N/c15-11-3-2-10(17)5-9(11)7-14(19)8-1-4-12(16)13(18)6-8/h1-6,14H,7,19H2. The van der Waals surface area contributed by atoms with Crippen LogP contribution in [0.2, 0.25) is 5.02 Å². The highest BCUT2D eigenvalue weighted by Gasteiger charge is 2.12. The molecule has 5 heteroatoms. The zero-order valence-electron chi connectivity index (χ0n) is 9.84. The third-order valence-corrected chi connectivity index (χ3v) is 3.90. The van der Waals surface area contributed by atoms with E-state index in [2.05, 4.69) is 15.9 Å². The maximum absolute atomic E-state index is 13.4. The summed E-state index contributed by atoms with van der Waals surface area (Å²) in [5.74, 6) is -0.833. The Balaban J connectivity index is 2.22. The SMILES string of the molecule is NC(Cc1cc(F)ccc1Br)c1ccc(Cl)c(F)c1. The van der Waals surface area contributed by atoms with Crippen LogP contribution in [0.5, 0.6) is 0 Å². The summed E-state index contributed by atoms with van der Waals surface area (Å²) < 4.78 is 27.3. The van der Waals surface area contributed by atoms with Crippen LogP contribution in [0.1, 0.15) is 17.2 Å². The van der Waals surface area contributed by atoms with Gasteiger partial charge in [0.25, 0.3) is 0 Å². The second-order valence-corrected chi connectivity index (χ2v) is 5.48. The van der Waals surface area contributed by atoms with Gasteiger partial charge in [-0.15, -0.1) is 0 Å². The molecule has 0 radical (unpaired) electrons. The number of rotatable bonds is 3. The average Bonchev–Trinajstić information content (AvgIpc) is 2.37. The van der Waals surface area contributed by atoms with Crippen LogP contribution in [0.4, 0.5) is 8.78 Å². The van der Waals surface area contributed by atoms with Gasteiger partial charge in [0.15, 0.2) is 0 Å². The molecule has 1 nitrogen and oxygen atoms in total. The van der Waals surface area contributed by atoms with Crippen molar-refractivity contribution >= 4 is 27.5 Å². The summed E-state index contributed by atoms with van der Waals surface area (Å²) in [6, 6.07) is 8.41. The van der Waals surface area contributed by atoms with E-state index in [1.54, 1.807) is 12.1 Å². The van der Waals surface area contributed by atoms with E-state index in [0.29, 0.717) is 12.0 Å². The Morgan fingerprint density at radius 3 is 2.58 bits per heavy atom. The molecule has 100 valence electrons. The Hall–Kier alpha value is -0.970. The molecule has 0 aliphatic carbocycles. The zero-order chi connectivity index (χ0) is 14.0. The maximum atomic E-state index is 13.4. The molecule has 0 amide bonds.